The summed E-state index contributed by atoms with van der Waals surface area (Å²) in [4.78, 5) is 25.6. The summed E-state index contributed by atoms with van der Waals surface area (Å²) < 4.78 is 9.92. The van der Waals surface area contributed by atoms with E-state index in [2.05, 4.69) is 0 Å². The maximum atomic E-state index is 12.5. The second-order valence-corrected chi connectivity index (χ2v) is 4.46. The van der Waals surface area contributed by atoms with Crippen molar-refractivity contribution in [1.82, 2.24) is 4.90 Å². The molecule has 0 spiro atoms. The molecule has 1 aromatic carbocycles. The van der Waals surface area contributed by atoms with Crippen molar-refractivity contribution in [1.29, 1.82) is 0 Å². The highest BCUT2D eigenvalue weighted by Crippen LogP contribution is 2.20. The van der Waals surface area contributed by atoms with Crippen LogP contribution in [0.4, 0.5) is 11.4 Å². The van der Waals surface area contributed by atoms with Gasteiger partial charge in [-0.15, -0.1) is 0 Å². The van der Waals surface area contributed by atoms with E-state index in [0.29, 0.717) is 24.4 Å². The van der Waals surface area contributed by atoms with Crippen LogP contribution in [0.2, 0.25) is 0 Å². The van der Waals surface area contributed by atoms with Gasteiger partial charge in [0.05, 0.1) is 25.9 Å². The van der Waals surface area contributed by atoms with Crippen molar-refractivity contribution in [2.24, 2.45) is 0 Å². The number of ether oxygens (including phenoxy) is 2. The van der Waals surface area contributed by atoms with Crippen molar-refractivity contribution in [2.45, 2.75) is 6.04 Å². The van der Waals surface area contributed by atoms with Gasteiger partial charge in [0.25, 0.3) is 5.91 Å². The van der Waals surface area contributed by atoms with E-state index in [-0.39, 0.29) is 18.2 Å². The summed E-state index contributed by atoms with van der Waals surface area (Å²) >= 11 is 0. The zero-order valence-corrected chi connectivity index (χ0v) is 11.2. The van der Waals surface area contributed by atoms with Gasteiger partial charge in [0.2, 0.25) is 0 Å². The normalized spacial score (nSPS) is 18.6. The summed E-state index contributed by atoms with van der Waals surface area (Å²) in [6.45, 7) is 0.795. The Kier molecular flexibility index (Phi) is 4.09. The molecule has 7 heteroatoms. The third-order valence-corrected chi connectivity index (χ3v) is 3.17. The van der Waals surface area contributed by atoms with Gasteiger partial charge in [-0.25, -0.2) is 4.79 Å². The highest BCUT2D eigenvalue weighted by atomic mass is 16.5. The minimum atomic E-state index is -0.752. The van der Waals surface area contributed by atoms with Crippen LogP contribution in [0.5, 0.6) is 0 Å². The zero-order chi connectivity index (χ0) is 14.7. The minimum Gasteiger partial charge on any atom is -0.467 e. The van der Waals surface area contributed by atoms with Gasteiger partial charge in [0.1, 0.15) is 0 Å². The molecule has 0 bridgehead atoms. The van der Waals surface area contributed by atoms with Gasteiger partial charge in [-0.1, -0.05) is 0 Å². The fourth-order valence-corrected chi connectivity index (χ4v) is 2.11. The first-order valence-electron chi connectivity index (χ1n) is 6.16. The Balaban J connectivity index is 2.27. The Morgan fingerprint density at radius 2 is 2.15 bits per heavy atom. The van der Waals surface area contributed by atoms with Crippen LogP contribution in [0.15, 0.2) is 18.2 Å². The van der Waals surface area contributed by atoms with E-state index in [4.69, 9.17) is 20.9 Å². The molecule has 1 aliphatic heterocycles. The molecule has 1 aromatic rings. The first-order valence-corrected chi connectivity index (χ1v) is 6.16. The lowest BCUT2D eigenvalue weighted by Crippen LogP contribution is -2.53. The van der Waals surface area contributed by atoms with E-state index in [1.807, 2.05) is 0 Å². The van der Waals surface area contributed by atoms with Crippen molar-refractivity contribution in [3.05, 3.63) is 23.8 Å². The van der Waals surface area contributed by atoms with Crippen molar-refractivity contribution < 1.29 is 19.1 Å². The number of nitrogens with two attached hydrogens (primary N) is 2. The average Bonchev–Trinajstić information content (AvgIpc) is 2.46. The lowest BCUT2D eigenvalue weighted by molar-refractivity contribution is -0.151. The van der Waals surface area contributed by atoms with Crippen LogP contribution in [0.25, 0.3) is 0 Å². The molecule has 0 saturated carbocycles. The van der Waals surface area contributed by atoms with Crippen LogP contribution in [0, 0.1) is 0 Å². The molecule has 1 aliphatic rings. The number of morpholine rings is 1. The van der Waals surface area contributed by atoms with Crippen LogP contribution in [0.1, 0.15) is 10.4 Å². The molecular formula is C13H17N3O4. The second kappa shape index (κ2) is 5.79. The third kappa shape index (κ3) is 2.67. The van der Waals surface area contributed by atoms with Crippen LogP contribution in [-0.4, -0.2) is 49.7 Å². The molecule has 0 aliphatic carbocycles. The summed E-state index contributed by atoms with van der Waals surface area (Å²) in [6.07, 6.45) is 0. The standard InChI is InChI=1S/C13H17N3O4/c1-19-13(18)11-7-20-5-4-16(11)12(17)9-3-2-8(14)6-10(9)15/h2-3,6,11H,4-5,7,14-15H2,1H3. The smallest absolute Gasteiger partial charge is 0.331 e. The SMILES string of the molecule is COC(=O)C1COCCN1C(=O)c1ccc(N)cc1N. The molecule has 0 radical (unpaired) electrons. The monoisotopic (exact) mass is 279 g/mol. The van der Waals surface area contributed by atoms with Gasteiger partial charge in [-0.05, 0) is 18.2 Å². The number of hydrogen-bond acceptors (Lipinski definition) is 6. The van der Waals surface area contributed by atoms with E-state index < -0.39 is 12.0 Å². The number of methoxy groups -OCH3 is 1. The Morgan fingerprint density at radius 3 is 2.80 bits per heavy atom. The molecule has 108 valence electrons. The summed E-state index contributed by atoms with van der Waals surface area (Å²) in [6, 6.07) is 3.91. The molecular weight excluding hydrogens is 262 g/mol. The Labute approximate surface area is 116 Å². The average molecular weight is 279 g/mol. The molecule has 1 unspecified atom stereocenters. The Morgan fingerprint density at radius 1 is 1.40 bits per heavy atom. The number of nitrogen functional groups attached to an aromatic ring is 2. The molecule has 1 saturated heterocycles. The second-order valence-electron chi connectivity index (χ2n) is 4.46. The van der Waals surface area contributed by atoms with Crippen molar-refractivity contribution in [2.75, 3.05) is 38.3 Å². The number of anilines is 2. The number of esters is 1. The van der Waals surface area contributed by atoms with Crippen LogP contribution < -0.4 is 11.5 Å². The molecule has 1 amide bonds. The van der Waals surface area contributed by atoms with Crippen LogP contribution in [-0.2, 0) is 14.3 Å². The number of benzene rings is 1. The number of amides is 1. The van der Waals surface area contributed by atoms with E-state index in [0.717, 1.165) is 0 Å². The largest absolute Gasteiger partial charge is 0.467 e. The molecule has 7 nitrogen and oxygen atoms in total. The van der Waals surface area contributed by atoms with E-state index >= 15 is 0 Å². The maximum absolute atomic E-state index is 12.5. The van der Waals surface area contributed by atoms with E-state index in [1.165, 1.54) is 18.1 Å². The van der Waals surface area contributed by atoms with E-state index in [1.54, 1.807) is 12.1 Å². The summed E-state index contributed by atoms with van der Waals surface area (Å²) in [7, 11) is 1.27. The number of rotatable bonds is 2. The van der Waals surface area contributed by atoms with E-state index in [9.17, 15) is 9.59 Å². The topological polar surface area (TPSA) is 108 Å². The van der Waals surface area contributed by atoms with Crippen molar-refractivity contribution in [3.63, 3.8) is 0 Å². The molecule has 1 heterocycles. The van der Waals surface area contributed by atoms with Crippen molar-refractivity contribution in [3.8, 4) is 0 Å². The van der Waals surface area contributed by atoms with Gasteiger partial charge < -0.3 is 25.8 Å². The number of carbonyl (C=O) groups is 2. The first-order chi connectivity index (χ1) is 9.54. The molecule has 1 fully saturated rings. The predicted octanol–water partition coefficient (Wildman–Crippen LogP) is -0.135. The Bertz CT molecular complexity index is 532. The summed E-state index contributed by atoms with van der Waals surface area (Å²) in [5.41, 5.74) is 12.5. The number of carbonyl (C=O) groups excluding carboxylic acids is 2. The highest BCUT2D eigenvalue weighted by molar-refractivity contribution is 6.01. The zero-order valence-electron chi connectivity index (χ0n) is 11.2. The maximum Gasteiger partial charge on any atom is 0.331 e. The fourth-order valence-electron chi connectivity index (χ4n) is 2.11. The van der Waals surface area contributed by atoms with Crippen molar-refractivity contribution >= 4 is 23.3 Å². The lowest BCUT2D eigenvalue weighted by atomic mass is 10.1. The Hall–Kier alpha value is -2.28. The molecule has 4 N–H and O–H groups in total. The summed E-state index contributed by atoms with van der Waals surface area (Å²) in [5.74, 6) is -0.840. The summed E-state index contributed by atoms with van der Waals surface area (Å²) in [5, 5.41) is 0. The van der Waals surface area contributed by atoms with Crippen LogP contribution in [0.3, 0.4) is 0 Å². The first kappa shape index (κ1) is 14.1. The third-order valence-electron chi connectivity index (χ3n) is 3.17. The predicted molar refractivity (Wildman–Crippen MR) is 72.9 cm³/mol. The number of nitrogens with zero attached hydrogens (tertiary/aromatic N) is 1. The van der Waals surface area contributed by atoms with Gasteiger partial charge in [-0.2, -0.15) is 0 Å². The number of hydrogen-bond donors (Lipinski definition) is 2. The fraction of sp³-hybridized carbons (Fsp3) is 0.385. The molecule has 1 atom stereocenters. The minimum absolute atomic E-state index is 0.118. The van der Waals surface area contributed by atoms with Crippen LogP contribution >= 0.6 is 0 Å². The molecule has 20 heavy (non-hydrogen) atoms. The quantitative estimate of drug-likeness (QED) is 0.576. The molecule has 2 rings (SSSR count). The van der Waals surface area contributed by atoms with Gasteiger partial charge in [0, 0.05) is 17.9 Å². The van der Waals surface area contributed by atoms with Gasteiger partial charge in [0.15, 0.2) is 6.04 Å². The van der Waals surface area contributed by atoms with Gasteiger partial charge in [-0.3, -0.25) is 4.79 Å². The lowest BCUT2D eigenvalue weighted by Gasteiger charge is -2.33. The highest BCUT2D eigenvalue weighted by Gasteiger charge is 2.34. The van der Waals surface area contributed by atoms with Gasteiger partial charge >= 0.3 is 5.97 Å². The molecule has 0 aromatic heterocycles.